The predicted octanol–water partition coefficient (Wildman–Crippen LogP) is 0.533. The molecule has 0 fully saturated rings. The van der Waals surface area contributed by atoms with E-state index in [-0.39, 0.29) is 10.6 Å². The lowest BCUT2D eigenvalue weighted by Crippen LogP contribution is -2.14. The number of rotatable bonds is 1. The van der Waals surface area contributed by atoms with Crippen LogP contribution in [0.15, 0.2) is 17.0 Å². The van der Waals surface area contributed by atoms with Gasteiger partial charge in [-0.15, -0.1) is 0 Å². The molecule has 1 rings (SSSR count). The highest BCUT2D eigenvalue weighted by atomic mass is 32.2. The van der Waals surface area contributed by atoms with E-state index in [1.54, 1.807) is 6.07 Å². The van der Waals surface area contributed by atoms with Crippen LogP contribution >= 0.6 is 0 Å². The third-order valence-electron chi connectivity index (χ3n) is 1.93. The van der Waals surface area contributed by atoms with Crippen molar-refractivity contribution >= 4 is 15.7 Å². The summed E-state index contributed by atoms with van der Waals surface area (Å²) in [6.07, 6.45) is 0. The standard InChI is InChI=1S/C8H12N2O2S/c1-5-3-7(9)8(4-6(5)2)13(10,11)12/h3-4H,9H2,1-2H3,(H2,10,11,12). The van der Waals surface area contributed by atoms with E-state index in [2.05, 4.69) is 0 Å². The van der Waals surface area contributed by atoms with Crippen LogP contribution in [0.4, 0.5) is 5.69 Å². The fraction of sp³-hybridized carbons (Fsp3) is 0.250. The molecule has 0 unspecified atom stereocenters. The first-order valence-corrected chi connectivity index (χ1v) is 5.26. The number of sulfonamides is 1. The largest absolute Gasteiger partial charge is 0.398 e. The van der Waals surface area contributed by atoms with E-state index in [0.29, 0.717) is 0 Å². The lowest BCUT2D eigenvalue weighted by atomic mass is 10.1. The van der Waals surface area contributed by atoms with Crippen molar-refractivity contribution in [1.29, 1.82) is 0 Å². The van der Waals surface area contributed by atoms with E-state index in [1.807, 2.05) is 13.8 Å². The van der Waals surface area contributed by atoms with Crippen LogP contribution in [-0.4, -0.2) is 8.42 Å². The molecule has 0 bridgehead atoms. The molecule has 4 nitrogen and oxygen atoms in total. The Morgan fingerprint density at radius 1 is 1.15 bits per heavy atom. The molecule has 13 heavy (non-hydrogen) atoms. The normalized spacial score (nSPS) is 11.6. The number of benzene rings is 1. The first-order chi connectivity index (χ1) is 5.82. The van der Waals surface area contributed by atoms with Gasteiger partial charge in [-0.05, 0) is 37.1 Å². The number of primary sulfonamides is 1. The first-order valence-electron chi connectivity index (χ1n) is 3.72. The Morgan fingerprint density at radius 2 is 1.62 bits per heavy atom. The quantitative estimate of drug-likeness (QED) is 0.648. The van der Waals surface area contributed by atoms with E-state index in [4.69, 9.17) is 10.9 Å². The summed E-state index contributed by atoms with van der Waals surface area (Å²) in [7, 11) is -3.70. The summed E-state index contributed by atoms with van der Waals surface area (Å²) in [5, 5.41) is 4.97. The smallest absolute Gasteiger partial charge is 0.240 e. The van der Waals surface area contributed by atoms with Crippen LogP contribution in [0.25, 0.3) is 0 Å². The van der Waals surface area contributed by atoms with Crippen LogP contribution < -0.4 is 10.9 Å². The van der Waals surface area contributed by atoms with Crippen molar-refractivity contribution in [2.24, 2.45) is 5.14 Å². The molecule has 0 aliphatic heterocycles. The van der Waals surface area contributed by atoms with Crippen molar-refractivity contribution in [2.45, 2.75) is 18.7 Å². The minimum Gasteiger partial charge on any atom is -0.398 e. The predicted molar refractivity (Wildman–Crippen MR) is 51.7 cm³/mol. The zero-order chi connectivity index (χ0) is 10.2. The fourth-order valence-electron chi connectivity index (χ4n) is 1.06. The number of anilines is 1. The van der Waals surface area contributed by atoms with Gasteiger partial charge in [-0.25, -0.2) is 13.6 Å². The molecule has 0 aliphatic rings. The highest BCUT2D eigenvalue weighted by Crippen LogP contribution is 2.21. The van der Waals surface area contributed by atoms with E-state index < -0.39 is 10.0 Å². The van der Waals surface area contributed by atoms with Crippen molar-refractivity contribution in [3.8, 4) is 0 Å². The summed E-state index contributed by atoms with van der Waals surface area (Å²) in [5.41, 5.74) is 7.53. The van der Waals surface area contributed by atoms with Gasteiger partial charge in [0.2, 0.25) is 10.0 Å². The molecule has 0 atom stereocenters. The van der Waals surface area contributed by atoms with E-state index in [1.165, 1.54) is 6.07 Å². The average molecular weight is 200 g/mol. The first kappa shape index (κ1) is 10.0. The van der Waals surface area contributed by atoms with Gasteiger partial charge >= 0.3 is 0 Å². The molecule has 0 aliphatic carbocycles. The zero-order valence-corrected chi connectivity index (χ0v) is 8.35. The SMILES string of the molecule is Cc1cc(N)c(S(N)(=O)=O)cc1C. The molecule has 0 amide bonds. The van der Waals surface area contributed by atoms with Gasteiger partial charge < -0.3 is 5.73 Å². The van der Waals surface area contributed by atoms with Crippen LogP contribution in [0.3, 0.4) is 0 Å². The molecule has 1 aromatic rings. The third-order valence-corrected chi connectivity index (χ3v) is 2.90. The maximum Gasteiger partial charge on any atom is 0.240 e. The fourth-order valence-corrected chi connectivity index (χ4v) is 1.79. The molecule has 72 valence electrons. The number of hydrogen-bond donors (Lipinski definition) is 2. The molecule has 1 aromatic carbocycles. The Balaban J connectivity index is 3.50. The Morgan fingerprint density at radius 3 is 2.08 bits per heavy atom. The summed E-state index contributed by atoms with van der Waals surface area (Å²) in [4.78, 5) is -0.00407. The molecule has 0 saturated heterocycles. The Hall–Kier alpha value is -1.07. The minimum atomic E-state index is -3.70. The van der Waals surface area contributed by atoms with Crippen LogP contribution in [0.2, 0.25) is 0 Å². The molecule has 4 N–H and O–H groups in total. The van der Waals surface area contributed by atoms with Crippen molar-refractivity contribution < 1.29 is 8.42 Å². The molecule has 0 spiro atoms. The van der Waals surface area contributed by atoms with Gasteiger partial charge in [-0.1, -0.05) is 0 Å². The van der Waals surface area contributed by atoms with Crippen LogP contribution in [0.1, 0.15) is 11.1 Å². The van der Waals surface area contributed by atoms with Gasteiger partial charge in [0.05, 0.1) is 5.69 Å². The number of hydrogen-bond acceptors (Lipinski definition) is 3. The van der Waals surface area contributed by atoms with Crippen LogP contribution in [-0.2, 0) is 10.0 Å². The highest BCUT2D eigenvalue weighted by Gasteiger charge is 2.12. The number of nitrogens with two attached hydrogens (primary N) is 2. The second kappa shape index (κ2) is 3.01. The third kappa shape index (κ3) is 1.99. The number of aryl methyl sites for hydroxylation is 2. The zero-order valence-electron chi connectivity index (χ0n) is 7.53. The van der Waals surface area contributed by atoms with Crippen molar-refractivity contribution in [2.75, 3.05) is 5.73 Å². The van der Waals surface area contributed by atoms with Crippen molar-refractivity contribution in [3.05, 3.63) is 23.3 Å². The van der Waals surface area contributed by atoms with Gasteiger partial charge in [-0.3, -0.25) is 0 Å². The van der Waals surface area contributed by atoms with Gasteiger partial charge in [-0.2, -0.15) is 0 Å². The summed E-state index contributed by atoms with van der Waals surface area (Å²) < 4.78 is 22.0. The maximum absolute atomic E-state index is 11.0. The average Bonchev–Trinajstić information content (AvgIpc) is 1.94. The van der Waals surface area contributed by atoms with E-state index in [0.717, 1.165) is 11.1 Å². The maximum atomic E-state index is 11.0. The van der Waals surface area contributed by atoms with E-state index in [9.17, 15) is 8.42 Å². The Kier molecular flexibility index (Phi) is 2.32. The van der Waals surface area contributed by atoms with Gasteiger partial charge in [0, 0.05) is 0 Å². The van der Waals surface area contributed by atoms with Gasteiger partial charge in [0.15, 0.2) is 0 Å². The molecule has 0 heterocycles. The summed E-state index contributed by atoms with van der Waals surface area (Å²) >= 11 is 0. The topological polar surface area (TPSA) is 86.2 Å². The molecule has 0 radical (unpaired) electrons. The van der Waals surface area contributed by atoms with Gasteiger partial charge in [0.25, 0.3) is 0 Å². The van der Waals surface area contributed by atoms with Crippen LogP contribution in [0, 0.1) is 13.8 Å². The molecular weight excluding hydrogens is 188 g/mol. The molecule has 5 heteroatoms. The number of nitrogen functional groups attached to an aromatic ring is 1. The molecular formula is C8H12N2O2S. The lowest BCUT2D eigenvalue weighted by Gasteiger charge is -2.06. The van der Waals surface area contributed by atoms with Crippen molar-refractivity contribution in [1.82, 2.24) is 0 Å². The van der Waals surface area contributed by atoms with Crippen molar-refractivity contribution in [3.63, 3.8) is 0 Å². The second-order valence-corrected chi connectivity index (χ2v) is 4.55. The lowest BCUT2D eigenvalue weighted by molar-refractivity contribution is 0.598. The molecule has 0 aromatic heterocycles. The highest BCUT2D eigenvalue weighted by molar-refractivity contribution is 7.89. The Labute approximate surface area is 77.6 Å². The van der Waals surface area contributed by atoms with Crippen LogP contribution in [0.5, 0.6) is 0 Å². The molecule has 0 saturated carbocycles. The summed E-state index contributed by atoms with van der Waals surface area (Å²) in [6, 6.07) is 3.09. The van der Waals surface area contributed by atoms with Gasteiger partial charge in [0.1, 0.15) is 4.90 Å². The summed E-state index contributed by atoms with van der Waals surface area (Å²) in [5.74, 6) is 0. The Bertz CT molecular complexity index is 438. The minimum absolute atomic E-state index is 0.00407. The second-order valence-electron chi connectivity index (χ2n) is 3.02. The summed E-state index contributed by atoms with van der Waals surface area (Å²) in [6.45, 7) is 3.67. The van der Waals surface area contributed by atoms with E-state index >= 15 is 0 Å². The monoisotopic (exact) mass is 200 g/mol.